The molecule has 0 fully saturated rings. The lowest BCUT2D eigenvalue weighted by Gasteiger charge is -2.19. The van der Waals surface area contributed by atoms with Crippen LogP contribution in [-0.4, -0.2) is 26.4 Å². The van der Waals surface area contributed by atoms with Crippen LogP contribution >= 0.6 is 11.8 Å². The lowest BCUT2D eigenvalue weighted by atomic mass is 10.1. The van der Waals surface area contributed by atoms with Gasteiger partial charge in [0, 0.05) is 12.2 Å². The Bertz CT molecular complexity index is 374. The maximum atomic E-state index is 10.5. The van der Waals surface area contributed by atoms with Crippen molar-refractivity contribution in [1.82, 2.24) is 9.55 Å². The number of carbonyl (C=O) groups is 1. The Morgan fingerprint density at radius 1 is 1.56 bits per heavy atom. The fraction of sp³-hybridized carbons (Fsp3) is 0.636. The average Bonchev–Trinajstić information content (AvgIpc) is 2.55. The molecular weight excluding hydrogens is 224 g/mol. The summed E-state index contributed by atoms with van der Waals surface area (Å²) in [5.41, 5.74) is 0.931. The van der Waals surface area contributed by atoms with Crippen molar-refractivity contribution in [2.24, 2.45) is 5.92 Å². The molecule has 1 unspecified atom stereocenters. The van der Waals surface area contributed by atoms with Crippen molar-refractivity contribution in [3.63, 3.8) is 0 Å². The molecule has 0 aromatic carbocycles. The highest BCUT2D eigenvalue weighted by Crippen LogP contribution is 2.25. The molecule has 1 heterocycles. The molecule has 0 bridgehead atoms. The van der Waals surface area contributed by atoms with Gasteiger partial charge in [0.25, 0.3) is 0 Å². The van der Waals surface area contributed by atoms with Crippen molar-refractivity contribution in [3.05, 3.63) is 11.9 Å². The quantitative estimate of drug-likeness (QED) is 0.806. The summed E-state index contributed by atoms with van der Waals surface area (Å²) in [7, 11) is 0. The van der Waals surface area contributed by atoms with Crippen molar-refractivity contribution in [1.29, 1.82) is 0 Å². The van der Waals surface area contributed by atoms with Gasteiger partial charge in [0.15, 0.2) is 5.16 Å². The Hall–Kier alpha value is -0.970. The van der Waals surface area contributed by atoms with Crippen molar-refractivity contribution in [2.45, 2.75) is 38.9 Å². The Morgan fingerprint density at radius 2 is 2.19 bits per heavy atom. The molecule has 16 heavy (non-hydrogen) atoms. The third-order valence-corrected chi connectivity index (χ3v) is 3.50. The molecule has 0 spiro atoms. The van der Waals surface area contributed by atoms with Crippen molar-refractivity contribution in [3.8, 4) is 0 Å². The molecule has 1 N–H and O–H groups in total. The third-order valence-electron chi connectivity index (χ3n) is 2.55. The van der Waals surface area contributed by atoms with Gasteiger partial charge < -0.3 is 9.67 Å². The Kier molecular flexibility index (Phi) is 4.41. The van der Waals surface area contributed by atoms with Crippen LogP contribution in [-0.2, 0) is 4.79 Å². The first kappa shape index (κ1) is 13.1. The highest BCUT2D eigenvalue weighted by atomic mass is 32.2. The van der Waals surface area contributed by atoms with E-state index in [1.165, 1.54) is 11.8 Å². The van der Waals surface area contributed by atoms with E-state index in [2.05, 4.69) is 30.3 Å². The van der Waals surface area contributed by atoms with E-state index < -0.39 is 5.97 Å². The van der Waals surface area contributed by atoms with Gasteiger partial charge in [-0.05, 0) is 19.8 Å². The highest BCUT2D eigenvalue weighted by Gasteiger charge is 2.15. The number of aliphatic carboxylic acids is 1. The van der Waals surface area contributed by atoms with E-state index in [0.717, 1.165) is 10.9 Å². The smallest absolute Gasteiger partial charge is 0.313 e. The van der Waals surface area contributed by atoms with Gasteiger partial charge in [-0.25, -0.2) is 4.98 Å². The van der Waals surface area contributed by atoms with Crippen LogP contribution < -0.4 is 0 Å². The molecule has 1 aromatic heterocycles. The van der Waals surface area contributed by atoms with E-state index in [-0.39, 0.29) is 5.75 Å². The maximum absolute atomic E-state index is 10.5. The number of thioether (sulfide) groups is 1. The van der Waals surface area contributed by atoms with Crippen LogP contribution in [0.1, 0.15) is 32.5 Å². The lowest BCUT2D eigenvalue weighted by Crippen LogP contribution is -2.12. The Labute approximate surface area is 100 Å². The third kappa shape index (κ3) is 3.27. The molecule has 0 aliphatic heterocycles. The molecule has 0 aliphatic carbocycles. The molecule has 1 rings (SSSR count). The largest absolute Gasteiger partial charge is 0.481 e. The van der Waals surface area contributed by atoms with Crippen LogP contribution in [0.2, 0.25) is 0 Å². The number of nitrogens with zero attached hydrogens (tertiary/aromatic N) is 2. The first-order valence-corrected chi connectivity index (χ1v) is 6.30. The molecule has 1 atom stereocenters. The summed E-state index contributed by atoms with van der Waals surface area (Å²) in [6.45, 7) is 8.34. The van der Waals surface area contributed by atoms with Gasteiger partial charge in [-0.15, -0.1) is 0 Å². The van der Waals surface area contributed by atoms with E-state index in [4.69, 9.17) is 5.11 Å². The molecular formula is C11H18N2O2S. The zero-order valence-corrected chi connectivity index (χ0v) is 10.9. The second-order valence-corrected chi connectivity index (χ2v) is 5.18. The summed E-state index contributed by atoms with van der Waals surface area (Å²) >= 11 is 1.27. The predicted molar refractivity (Wildman–Crippen MR) is 64.9 cm³/mol. The summed E-state index contributed by atoms with van der Waals surface area (Å²) in [6, 6.07) is 0.331. The minimum Gasteiger partial charge on any atom is -0.481 e. The second-order valence-electron chi connectivity index (χ2n) is 4.24. The first-order chi connectivity index (χ1) is 7.41. The number of carboxylic acids is 1. The van der Waals surface area contributed by atoms with Crippen molar-refractivity contribution >= 4 is 17.7 Å². The molecule has 0 radical (unpaired) electrons. The Balaban J connectivity index is 2.86. The van der Waals surface area contributed by atoms with E-state index >= 15 is 0 Å². The topological polar surface area (TPSA) is 55.1 Å². The van der Waals surface area contributed by atoms with Crippen LogP contribution in [0.4, 0.5) is 0 Å². The van der Waals surface area contributed by atoms with Gasteiger partial charge in [0.2, 0.25) is 0 Å². The SMILES string of the molecule is Cc1cn(C(C)C(C)C)c(SCC(=O)O)n1. The molecule has 90 valence electrons. The molecule has 0 amide bonds. The van der Waals surface area contributed by atoms with Crippen LogP contribution in [0.5, 0.6) is 0 Å². The first-order valence-electron chi connectivity index (χ1n) is 5.32. The van der Waals surface area contributed by atoms with Crippen molar-refractivity contribution in [2.75, 3.05) is 5.75 Å². The monoisotopic (exact) mass is 242 g/mol. The van der Waals surface area contributed by atoms with E-state index in [1.54, 1.807) is 0 Å². The number of aryl methyl sites for hydroxylation is 1. The average molecular weight is 242 g/mol. The molecule has 1 aromatic rings. The van der Waals surface area contributed by atoms with Gasteiger partial charge in [-0.1, -0.05) is 25.6 Å². The fourth-order valence-electron chi connectivity index (χ4n) is 1.34. The zero-order chi connectivity index (χ0) is 12.3. The normalized spacial score (nSPS) is 13.1. The van der Waals surface area contributed by atoms with E-state index in [9.17, 15) is 4.79 Å². The van der Waals surface area contributed by atoms with Gasteiger partial charge >= 0.3 is 5.97 Å². The molecule has 5 heteroatoms. The van der Waals surface area contributed by atoms with Crippen molar-refractivity contribution < 1.29 is 9.90 Å². The van der Waals surface area contributed by atoms with Crippen LogP contribution in [0.25, 0.3) is 0 Å². The lowest BCUT2D eigenvalue weighted by molar-refractivity contribution is -0.133. The number of hydrogen-bond acceptors (Lipinski definition) is 3. The van der Waals surface area contributed by atoms with Gasteiger partial charge in [-0.2, -0.15) is 0 Å². The number of rotatable bonds is 5. The number of hydrogen-bond donors (Lipinski definition) is 1. The summed E-state index contributed by atoms with van der Waals surface area (Å²) in [5, 5.41) is 9.46. The standard InChI is InChI=1S/C11H18N2O2S/c1-7(2)9(4)13-5-8(3)12-11(13)16-6-10(14)15/h5,7,9H,6H2,1-4H3,(H,14,15). The Morgan fingerprint density at radius 3 is 2.69 bits per heavy atom. The number of imidazole rings is 1. The fourth-order valence-corrected chi connectivity index (χ4v) is 2.17. The summed E-state index contributed by atoms with van der Waals surface area (Å²) in [4.78, 5) is 14.9. The minimum atomic E-state index is -0.811. The maximum Gasteiger partial charge on any atom is 0.313 e. The molecule has 0 aliphatic rings. The molecule has 0 saturated heterocycles. The van der Waals surface area contributed by atoms with Crippen LogP contribution in [0, 0.1) is 12.8 Å². The van der Waals surface area contributed by atoms with Gasteiger partial charge in [0.1, 0.15) is 0 Å². The molecule has 0 saturated carbocycles. The summed E-state index contributed by atoms with van der Waals surface area (Å²) in [6.07, 6.45) is 1.98. The van der Waals surface area contributed by atoms with E-state index in [0.29, 0.717) is 12.0 Å². The second kappa shape index (κ2) is 5.39. The molecule has 4 nitrogen and oxygen atoms in total. The minimum absolute atomic E-state index is 0.0568. The van der Waals surface area contributed by atoms with Gasteiger partial charge in [0.05, 0.1) is 11.4 Å². The predicted octanol–water partition coefficient (Wildman–Crippen LogP) is 2.59. The van der Waals surface area contributed by atoms with E-state index in [1.807, 2.05) is 13.1 Å². The zero-order valence-electron chi connectivity index (χ0n) is 10.1. The number of aromatic nitrogens is 2. The summed E-state index contributed by atoms with van der Waals surface area (Å²) in [5.74, 6) is -0.256. The van der Waals surface area contributed by atoms with Crippen LogP contribution in [0.3, 0.4) is 0 Å². The van der Waals surface area contributed by atoms with Crippen LogP contribution in [0.15, 0.2) is 11.4 Å². The number of carboxylic acid groups (broad SMARTS) is 1. The highest BCUT2D eigenvalue weighted by molar-refractivity contribution is 7.99. The van der Waals surface area contributed by atoms with Gasteiger partial charge in [-0.3, -0.25) is 4.79 Å². The summed E-state index contributed by atoms with van der Waals surface area (Å²) < 4.78 is 2.06.